The summed E-state index contributed by atoms with van der Waals surface area (Å²) in [7, 11) is 1.64. The monoisotopic (exact) mass is 459 g/mol. The maximum absolute atomic E-state index is 5.95. The molecule has 5 rings (SSSR count). The van der Waals surface area contributed by atoms with Gasteiger partial charge in [0, 0.05) is 22.6 Å². The Morgan fingerprint density at radius 2 is 1.94 bits per heavy atom. The van der Waals surface area contributed by atoms with Crippen LogP contribution in [0.15, 0.2) is 77.2 Å². The Kier molecular flexibility index (Phi) is 6.08. The maximum atomic E-state index is 5.95. The summed E-state index contributed by atoms with van der Waals surface area (Å²) in [6.07, 6.45) is 1.74. The molecule has 0 unspecified atom stereocenters. The van der Waals surface area contributed by atoms with E-state index in [2.05, 4.69) is 15.5 Å². The Hall–Kier alpha value is -4.04. The smallest absolute Gasteiger partial charge is 0.231 e. The molecule has 0 radical (unpaired) electrons. The molecule has 0 atom stereocenters. The van der Waals surface area contributed by atoms with E-state index in [9.17, 15) is 0 Å². The molecule has 8 heteroatoms. The van der Waals surface area contributed by atoms with Gasteiger partial charge in [-0.2, -0.15) is 5.10 Å². The third kappa shape index (κ3) is 4.91. The van der Waals surface area contributed by atoms with Crippen LogP contribution in [0.1, 0.15) is 11.1 Å². The number of methoxy groups -OCH3 is 1. The zero-order valence-corrected chi connectivity index (χ0v) is 18.7. The van der Waals surface area contributed by atoms with Crippen molar-refractivity contribution in [1.29, 1.82) is 0 Å². The van der Waals surface area contributed by atoms with E-state index in [4.69, 9.17) is 18.9 Å². The van der Waals surface area contributed by atoms with Gasteiger partial charge in [-0.05, 0) is 35.9 Å². The number of nitrogens with one attached hydrogen (secondary N) is 1. The van der Waals surface area contributed by atoms with Crippen LogP contribution in [0.3, 0.4) is 0 Å². The molecule has 7 nitrogen and oxygen atoms in total. The fourth-order valence-electron chi connectivity index (χ4n) is 3.35. The molecule has 33 heavy (non-hydrogen) atoms. The molecule has 0 saturated carbocycles. The number of benzene rings is 3. The predicted octanol–water partition coefficient (Wildman–Crippen LogP) is 5.57. The molecule has 0 aliphatic carbocycles. The lowest BCUT2D eigenvalue weighted by molar-refractivity contribution is 0.173. The molecule has 3 aromatic carbocycles. The van der Waals surface area contributed by atoms with Crippen molar-refractivity contribution in [1.82, 2.24) is 4.98 Å². The van der Waals surface area contributed by atoms with Gasteiger partial charge in [-0.1, -0.05) is 30.3 Å². The summed E-state index contributed by atoms with van der Waals surface area (Å²) in [5.41, 5.74) is 6.81. The van der Waals surface area contributed by atoms with Crippen LogP contribution in [0.25, 0.3) is 11.3 Å². The Morgan fingerprint density at radius 1 is 1.06 bits per heavy atom. The number of hydrazone groups is 1. The molecule has 0 saturated heterocycles. The first-order valence-electron chi connectivity index (χ1n) is 10.3. The van der Waals surface area contributed by atoms with Crippen LogP contribution in [0.4, 0.5) is 5.13 Å². The number of aromatic nitrogens is 1. The van der Waals surface area contributed by atoms with E-state index in [0.717, 1.165) is 39.0 Å². The molecule has 0 bridgehead atoms. The van der Waals surface area contributed by atoms with E-state index in [1.807, 2.05) is 72.1 Å². The van der Waals surface area contributed by atoms with Gasteiger partial charge in [0.25, 0.3) is 0 Å². The first-order valence-corrected chi connectivity index (χ1v) is 11.2. The van der Waals surface area contributed by atoms with E-state index >= 15 is 0 Å². The minimum atomic E-state index is 0.233. The largest absolute Gasteiger partial charge is 0.496 e. The number of ether oxygens (including phenoxy) is 4. The van der Waals surface area contributed by atoms with Gasteiger partial charge >= 0.3 is 0 Å². The molecule has 0 amide bonds. The minimum Gasteiger partial charge on any atom is -0.496 e. The lowest BCUT2D eigenvalue weighted by atomic mass is 10.1. The third-order valence-electron chi connectivity index (χ3n) is 4.99. The van der Waals surface area contributed by atoms with Crippen LogP contribution in [-0.2, 0) is 6.61 Å². The molecule has 0 fully saturated rings. The fourth-order valence-corrected chi connectivity index (χ4v) is 4.02. The van der Waals surface area contributed by atoms with Gasteiger partial charge in [0.2, 0.25) is 11.9 Å². The van der Waals surface area contributed by atoms with Gasteiger partial charge in [-0.15, -0.1) is 11.3 Å². The lowest BCUT2D eigenvalue weighted by Crippen LogP contribution is -2.00. The lowest BCUT2D eigenvalue weighted by Gasteiger charge is -2.11. The average molecular weight is 460 g/mol. The molecule has 2 heterocycles. The zero-order valence-electron chi connectivity index (χ0n) is 17.9. The molecule has 1 N–H and O–H groups in total. The highest BCUT2D eigenvalue weighted by atomic mass is 32.1. The van der Waals surface area contributed by atoms with Crippen molar-refractivity contribution in [3.63, 3.8) is 0 Å². The van der Waals surface area contributed by atoms with E-state index in [-0.39, 0.29) is 6.79 Å². The number of anilines is 1. The van der Waals surface area contributed by atoms with Crippen LogP contribution in [0.5, 0.6) is 23.0 Å². The van der Waals surface area contributed by atoms with Crippen molar-refractivity contribution in [2.75, 3.05) is 19.3 Å². The predicted molar refractivity (Wildman–Crippen MR) is 129 cm³/mol. The molecule has 4 aromatic rings. The second kappa shape index (κ2) is 9.62. The van der Waals surface area contributed by atoms with Crippen LogP contribution in [0.2, 0.25) is 0 Å². The highest BCUT2D eigenvalue weighted by Gasteiger charge is 2.14. The second-order valence-electron chi connectivity index (χ2n) is 7.15. The highest BCUT2D eigenvalue weighted by Crippen LogP contribution is 2.35. The number of fused-ring (bicyclic) bond motifs is 1. The minimum absolute atomic E-state index is 0.233. The quantitative estimate of drug-likeness (QED) is 0.274. The average Bonchev–Trinajstić information content (AvgIpc) is 3.53. The molecular weight excluding hydrogens is 438 g/mol. The van der Waals surface area contributed by atoms with Crippen molar-refractivity contribution in [3.8, 4) is 34.3 Å². The molecule has 1 aliphatic heterocycles. The summed E-state index contributed by atoms with van der Waals surface area (Å²) in [6, 6.07) is 21.4. The first-order chi connectivity index (χ1) is 16.3. The molecule has 1 aromatic heterocycles. The van der Waals surface area contributed by atoms with E-state index < -0.39 is 0 Å². The van der Waals surface area contributed by atoms with Gasteiger partial charge in [0.1, 0.15) is 18.1 Å². The molecule has 1 aliphatic rings. The van der Waals surface area contributed by atoms with Gasteiger partial charge in [-0.25, -0.2) is 4.98 Å². The third-order valence-corrected chi connectivity index (χ3v) is 5.74. The Balaban J connectivity index is 1.24. The van der Waals surface area contributed by atoms with Crippen molar-refractivity contribution >= 4 is 22.7 Å². The summed E-state index contributed by atoms with van der Waals surface area (Å²) in [5.74, 6) is 2.85. The normalized spacial score (nSPS) is 12.2. The summed E-state index contributed by atoms with van der Waals surface area (Å²) in [5, 5.41) is 7.07. The van der Waals surface area contributed by atoms with Crippen LogP contribution in [0, 0.1) is 0 Å². The summed E-state index contributed by atoms with van der Waals surface area (Å²) in [6.45, 7) is 0.571. The van der Waals surface area contributed by atoms with Crippen molar-refractivity contribution < 1.29 is 18.9 Å². The molecular formula is C25H21N3O4S. The number of thiazole rings is 1. The summed E-state index contributed by atoms with van der Waals surface area (Å²) in [4.78, 5) is 4.58. The molecule has 0 spiro atoms. The maximum Gasteiger partial charge on any atom is 0.231 e. The van der Waals surface area contributed by atoms with Gasteiger partial charge < -0.3 is 18.9 Å². The van der Waals surface area contributed by atoms with E-state index in [1.165, 1.54) is 11.3 Å². The topological polar surface area (TPSA) is 74.2 Å². The summed E-state index contributed by atoms with van der Waals surface area (Å²) < 4.78 is 22.2. The van der Waals surface area contributed by atoms with Crippen LogP contribution < -0.4 is 24.4 Å². The Bertz CT molecular complexity index is 1270. The Labute approximate surface area is 195 Å². The second-order valence-corrected chi connectivity index (χ2v) is 8.01. The number of hydrogen-bond acceptors (Lipinski definition) is 8. The zero-order chi connectivity index (χ0) is 22.5. The summed E-state index contributed by atoms with van der Waals surface area (Å²) >= 11 is 1.51. The Morgan fingerprint density at radius 3 is 2.82 bits per heavy atom. The van der Waals surface area contributed by atoms with Crippen LogP contribution in [-0.4, -0.2) is 25.1 Å². The van der Waals surface area contributed by atoms with E-state index in [1.54, 1.807) is 13.3 Å². The van der Waals surface area contributed by atoms with Crippen molar-refractivity contribution in [2.24, 2.45) is 5.10 Å². The van der Waals surface area contributed by atoms with Crippen molar-refractivity contribution in [2.45, 2.75) is 6.61 Å². The number of nitrogens with zero attached hydrogens (tertiary/aromatic N) is 2. The number of rotatable bonds is 8. The van der Waals surface area contributed by atoms with Gasteiger partial charge in [0.15, 0.2) is 11.5 Å². The number of hydrogen-bond donors (Lipinski definition) is 1. The van der Waals surface area contributed by atoms with Gasteiger partial charge in [-0.3, -0.25) is 5.43 Å². The highest BCUT2D eigenvalue weighted by molar-refractivity contribution is 7.14. The van der Waals surface area contributed by atoms with Crippen LogP contribution >= 0.6 is 11.3 Å². The van der Waals surface area contributed by atoms with Gasteiger partial charge in [0.05, 0.1) is 19.0 Å². The van der Waals surface area contributed by atoms with E-state index in [0.29, 0.717) is 18.1 Å². The van der Waals surface area contributed by atoms with Crippen molar-refractivity contribution in [3.05, 3.63) is 83.2 Å². The molecule has 166 valence electrons. The first kappa shape index (κ1) is 20.8. The SMILES string of the molecule is COc1ccc(C=NNc2nc(-c3ccccc3)cs2)cc1COc1ccc2c(c1)OCO2. The fraction of sp³-hybridized carbons (Fsp3) is 0.120. The standard InChI is InChI=1S/C25H21N3O4S/c1-29-22-9-7-17(11-19(22)14-30-20-8-10-23-24(12-20)32-16-31-23)13-26-28-25-27-21(15-33-25)18-5-3-2-4-6-18/h2-13,15H,14,16H2,1H3,(H,27,28).